The van der Waals surface area contributed by atoms with Crippen LogP contribution in [-0.4, -0.2) is 40.7 Å². The standard InChI is InChI=1S/C6H16NO4PS/c1-6(7-12(2,3)8)5-11-13(4,9)10/h6H,5H2,1-4H3,(H,7,8)/t6-/m1/s1. The van der Waals surface area contributed by atoms with Gasteiger partial charge in [0.25, 0.3) is 10.1 Å². The number of hydrogen-bond acceptors (Lipinski definition) is 4. The van der Waals surface area contributed by atoms with Crippen LogP contribution in [0, 0.1) is 0 Å². The first-order valence-electron chi connectivity index (χ1n) is 3.77. The highest BCUT2D eigenvalue weighted by atomic mass is 32.2. The number of rotatable bonds is 5. The molecule has 0 aromatic rings. The first kappa shape index (κ1) is 13.1. The highest BCUT2D eigenvalue weighted by molar-refractivity contribution is 7.85. The Morgan fingerprint density at radius 1 is 1.46 bits per heavy atom. The van der Waals surface area contributed by atoms with Crippen molar-refractivity contribution in [1.29, 1.82) is 0 Å². The summed E-state index contributed by atoms with van der Waals surface area (Å²) in [7, 11) is -5.73. The largest absolute Gasteiger partial charge is 0.307 e. The smallest absolute Gasteiger partial charge is 0.264 e. The van der Waals surface area contributed by atoms with Crippen LogP contribution in [0.4, 0.5) is 0 Å². The summed E-state index contributed by atoms with van der Waals surface area (Å²) in [6.07, 6.45) is 0.983. The van der Waals surface area contributed by atoms with Gasteiger partial charge in [0.1, 0.15) is 7.29 Å². The van der Waals surface area contributed by atoms with E-state index in [-0.39, 0.29) is 12.6 Å². The monoisotopic (exact) mass is 229 g/mol. The van der Waals surface area contributed by atoms with Gasteiger partial charge in [-0.05, 0) is 6.92 Å². The van der Waals surface area contributed by atoms with Gasteiger partial charge in [-0.1, -0.05) is 0 Å². The molecular formula is C6H16NO4PS. The normalized spacial score (nSPS) is 15.7. The lowest BCUT2D eigenvalue weighted by molar-refractivity contribution is 0.293. The van der Waals surface area contributed by atoms with Gasteiger partial charge in [0, 0.05) is 19.4 Å². The molecule has 5 nitrogen and oxygen atoms in total. The van der Waals surface area contributed by atoms with E-state index >= 15 is 0 Å². The Kier molecular flexibility index (Phi) is 4.59. The first-order valence-corrected chi connectivity index (χ1v) is 8.19. The highest BCUT2D eigenvalue weighted by Crippen LogP contribution is 2.30. The van der Waals surface area contributed by atoms with E-state index < -0.39 is 17.4 Å². The van der Waals surface area contributed by atoms with Crippen LogP contribution in [0.25, 0.3) is 0 Å². The molecule has 0 heterocycles. The third-order valence-corrected chi connectivity index (χ3v) is 2.69. The molecule has 1 atom stereocenters. The van der Waals surface area contributed by atoms with E-state index in [1.807, 2.05) is 0 Å². The van der Waals surface area contributed by atoms with Gasteiger partial charge in [0.15, 0.2) is 0 Å². The minimum atomic E-state index is -3.40. The van der Waals surface area contributed by atoms with E-state index in [9.17, 15) is 13.0 Å². The Labute approximate surface area is 79.4 Å². The zero-order valence-corrected chi connectivity index (χ0v) is 9.98. The maximum absolute atomic E-state index is 11.2. The van der Waals surface area contributed by atoms with Gasteiger partial charge in [-0.3, -0.25) is 9.27 Å². The van der Waals surface area contributed by atoms with Crippen molar-refractivity contribution in [1.82, 2.24) is 5.09 Å². The van der Waals surface area contributed by atoms with E-state index in [0.717, 1.165) is 6.26 Å². The van der Waals surface area contributed by atoms with Gasteiger partial charge in [-0.15, -0.1) is 0 Å². The van der Waals surface area contributed by atoms with Crippen LogP contribution in [0.15, 0.2) is 0 Å². The Bertz CT molecular complexity index is 294. The molecule has 0 amide bonds. The van der Waals surface area contributed by atoms with Crippen LogP contribution in [0.3, 0.4) is 0 Å². The maximum Gasteiger partial charge on any atom is 0.264 e. The SMILES string of the molecule is C[C@H](COS(C)(=O)=O)NP(C)(C)=O. The fourth-order valence-corrected chi connectivity index (χ4v) is 2.38. The van der Waals surface area contributed by atoms with Crippen LogP contribution in [0.5, 0.6) is 0 Å². The molecule has 0 spiro atoms. The minimum Gasteiger partial charge on any atom is -0.307 e. The van der Waals surface area contributed by atoms with Crippen LogP contribution in [-0.2, 0) is 18.9 Å². The Morgan fingerprint density at radius 2 is 1.92 bits per heavy atom. The molecule has 80 valence electrons. The minimum absolute atomic E-state index is 0.00447. The van der Waals surface area contributed by atoms with E-state index in [0.29, 0.717) is 0 Å². The Morgan fingerprint density at radius 3 is 2.23 bits per heavy atom. The predicted molar refractivity (Wildman–Crippen MR) is 52.8 cm³/mol. The van der Waals surface area contributed by atoms with E-state index in [1.54, 1.807) is 20.3 Å². The molecule has 0 saturated carbocycles. The molecule has 1 N–H and O–H groups in total. The average molecular weight is 229 g/mol. The molecule has 0 unspecified atom stereocenters. The van der Waals surface area contributed by atoms with Crippen molar-refractivity contribution in [3.63, 3.8) is 0 Å². The molecule has 7 heteroatoms. The van der Waals surface area contributed by atoms with Crippen molar-refractivity contribution in [3.8, 4) is 0 Å². The molecule has 0 saturated heterocycles. The topological polar surface area (TPSA) is 72.5 Å². The lowest BCUT2D eigenvalue weighted by Crippen LogP contribution is -2.28. The number of nitrogens with one attached hydrogen (secondary N) is 1. The van der Waals surface area contributed by atoms with Gasteiger partial charge >= 0.3 is 0 Å². The van der Waals surface area contributed by atoms with Gasteiger partial charge in [0.2, 0.25) is 0 Å². The van der Waals surface area contributed by atoms with E-state index in [1.165, 1.54) is 0 Å². The molecule has 0 aromatic carbocycles. The van der Waals surface area contributed by atoms with Crippen LogP contribution < -0.4 is 5.09 Å². The zero-order valence-electron chi connectivity index (χ0n) is 8.27. The third kappa shape index (κ3) is 10.0. The third-order valence-electron chi connectivity index (χ3n) is 1.06. The number of hydrogen-bond donors (Lipinski definition) is 1. The molecule has 0 bridgehead atoms. The van der Waals surface area contributed by atoms with Crippen molar-refractivity contribution in [3.05, 3.63) is 0 Å². The van der Waals surface area contributed by atoms with Gasteiger partial charge in [-0.2, -0.15) is 8.42 Å². The second-order valence-corrected chi connectivity index (χ2v) is 7.97. The fraction of sp³-hybridized carbons (Fsp3) is 1.00. The molecule has 13 heavy (non-hydrogen) atoms. The van der Waals surface area contributed by atoms with Crippen molar-refractivity contribution in [2.75, 3.05) is 26.2 Å². The summed E-state index contributed by atoms with van der Waals surface area (Å²) in [6, 6.07) is -0.240. The van der Waals surface area contributed by atoms with Crippen molar-refractivity contribution >= 4 is 17.4 Å². The highest BCUT2D eigenvalue weighted by Gasteiger charge is 2.13. The molecule has 0 fully saturated rings. The van der Waals surface area contributed by atoms with E-state index in [4.69, 9.17) is 0 Å². The lowest BCUT2D eigenvalue weighted by Gasteiger charge is -2.16. The van der Waals surface area contributed by atoms with Crippen molar-refractivity contribution in [2.45, 2.75) is 13.0 Å². The summed E-state index contributed by atoms with van der Waals surface area (Å²) >= 11 is 0. The summed E-state index contributed by atoms with van der Waals surface area (Å²) in [5.41, 5.74) is 0. The van der Waals surface area contributed by atoms with Gasteiger partial charge in [-0.25, -0.2) is 0 Å². The van der Waals surface area contributed by atoms with Crippen LogP contribution in [0.2, 0.25) is 0 Å². The second kappa shape index (κ2) is 4.55. The summed E-state index contributed by atoms with van der Waals surface area (Å²) in [6.45, 7) is 4.86. The molecule has 0 aromatic heterocycles. The molecule has 0 aliphatic carbocycles. The summed E-state index contributed by atoms with van der Waals surface area (Å²) in [5, 5.41) is 2.76. The molecular weight excluding hydrogens is 213 g/mol. The average Bonchev–Trinajstić information content (AvgIpc) is 1.78. The molecule has 0 aliphatic heterocycles. The predicted octanol–water partition coefficient (Wildman–Crippen LogP) is 0.478. The van der Waals surface area contributed by atoms with Gasteiger partial charge in [0.05, 0.1) is 12.9 Å². The fourth-order valence-electron chi connectivity index (χ4n) is 0.794. The molecule has 0 aliphatic rings. The lowest BCUT2D eigenvalue weighted by atomic mass is 10.4. The molecule has 0 rings (SSSR count). The van der Waals surface area contributed by atoms with Crippen molar-refractivity contribution < 1.29 is 17.2 Å². The summed E-state index contributed by atoms with van der Waals surface area (Å²) < 4.78 is 36.9. The van der Waals surface area contributed by atoms with Crippen LogP contribution in [0.1, 0.15) is 6.92 Å². The van der Waals surface area contributed by atoms with E-state index in [2.05, 4.69) is 9.27 Å². The van der Waals surface area contributed by atoms with Crippen molar-refractivity contribution in [2.24, 2.45) is 0 Å². The summed E-state index contributed by atoms with van der Waals surface area (Å²) in [5.74, 6) is 0. The quantitative estimate of drug-likeness (QED) is 0.548. The second-order valence-electron chi connectivity index (χ2n) is 3.37. The van der Waals surface area contributed by atoms with Crippen LogP contribution >= 0.6 is 7.29 Å². The molecule has 0 radical (unpaired) electrons. The maximum atomic E-state index is 11.2. The summed E-state index contributed by atoms with van der Waals surface area (Å²) in [4.78, 5) is 0. The first-order chi connectivity index (χ1) is 5.60. The zero-order chi connectivity index (χ0) is 10.7. The van der Waals surface area contributed by atoms with Gasteiger partial charge < -0.3 is 4.57 Å². The Hall–Kier alpha value is 0.1000. The Balaban J connectivity index is 3.91.